The molecule has 0 spiro atoms. The molecule has 1 heterocycles. The molecule has 0 aromatic heterocycles. The topological polar surface area (TPSA) is 79.3 Å². The van der Waals surface area contributed by atoms with Gasteiger partial charge in [-0.25, -0.2) is 4.79 Å². The Bertz CT molecular complexity index is 595. The molecule has 2 atom stereocenters. The number of piperazine rings is 1. The van der Waals surface area contributed by atoms with Gasteiger partial charge in [0.1, 0.15) is 11.6 Å². The molecule has 0 aliphatic carbocycles. The minimum Gasteiger partial charge on any atom is -0.444 e. The van der Waals surface area contributed by atoms with Crippen molar-refractivity contribution in [3.63, 3.8) is 0 Å². The van der Waals surface area contributed by atoms with E-state index in [9.17, 15) is 14.7 Å². The third-order valence-corrected chi connectivity index (χ3v) is 10.1. The number of carbonyl (C=O) groups is 2. The van der Waals surface area contributed by atoms with Gasteiger partial charge in [-0.1, -0.05) is 26.8 Å². The molecule has 1 N–H and O–H groups in total. The number of carbonyl (C=O) groups excluding carboxylic acids is 2. The minimum atomic E-state index is -2.01. The van der Waals surface area contributed by atoms with Gasteiger partial charge in [0.2, 0.25) is 5.91 Å². The highest BCUT2D eigenvalue weighted by Gasteiger charge is 2.42. The molecule has 1 fully saturated rings. The highest BCUT2D eigenvalue weighted by atomic mass is 28.4. The van der Waals surface area contributed by atoms with Crippen LogP contribution >= 0.6 is 0 Å². The van der Waals surface area contributed by atoms with Crippen LogP contribution in [-0.4, -0.2) is 79.2 Å². The van der Waals surface area contributed by atoms with Crippen molar-refractivity contribution in [2.24, 2.45) is 0 Å². The summed E-state index contributed by atoms with van der Waals surface area (Å²) in [6, 6.07) is -1.12. The van der Waals surface area contributed by atoms with E-state index in [1.54, 1.807) is 31.7 Å². The van der Waals surface area contributed by atoms with E-state index in [-0.39, 0.29) is 24.2 Å². The Kier molecular flexibility index (Phi) is 8.51. The van der Waals surface area contributed by atoms with E-state index in [0.29, 0.717) is 19.5 Å². The van der Waals surface area contributed by atoms with Crippen LogP contribution in [0.2, 0.25) is 18.1 Å². The van der Waals surface area contributed by atoms with Crippen LogP contribution in [0.5, 0.6) is 0 Å². The lowest BCUT2D eigenvalue weighted by atomic mass is 10.1. The summed E-state index contributed by atoms with van der Waals surface area (Å²) in [6.07, 6.45) is 1.45. The molecule has 2 amide bonds. The predicted octanol–water partition coefficient (Wildman–Crippen LogP) is 3.39. The number of aliphatic hydroxyl groups excluding tert-OH is 1. The molecule has 7 nitrogen and oxygen atoms in total. The van der Waals surface area contributed by atoms with Crippen molar-refractivity contribution in [2.75, 3.05) is 26.3 Å². The van der Waals surface area contributed by atoms with Crippen LogP contribution in [0, 0.1) is 0 Å². The average molecular weight is 429 g/mol. The Morgan fingerprint density at radius 3 is 2.31 bits per heavy atom. The number of rotatable bonds is 7. The molecule has 1 aliphatic heterocycles. The highest BCUT2D eigenvalue weighted by Crippen LogP contribution is 2.36. The first-order valence-corrected chi connectivity index (χ1v) is 13.2. The third-order valence-electron chi connectivity index (χ3n) is 5.64. The number of aliphatic hydroxyl groups is 1. The number of hydrogen-bond acceptors (Lipinski definition) is 5. The van der Waals surface area contributed by atoms with Crippen molar-refractivity contribution in [3.8, 4) is 0 Å². The molecule has 0 aromatic rings. The van der Waals surface area contributed by atoms with Gasteiger partial charge < -0.3 is 19.2 Å². The first kappa shape index (κ1) is 25.7. The molecule has 0 saturated carbocycles. The van der Waals surface area contributed by atoms with Crippen LogP contribution in [0.4, 0.5) is 4.79 Å². The summed E-state index contributed by atoms with van der Waals surface area (Å²) in [6.45, 7) is 20.6. The Morgan fingerprint density at radius 1 is 1.28 bits per heavy atom. The van der Waals surface area contributed by atoms with Crippen molar-refractivity contribution >= 4 is 20.3 Å². The first-order chi connectivity index (χ1) is 13.1. The number of ether oxygens (including phenoxy) is 1. The second-order valence-corrected chi connectivity index (χ2v) is 15.0. The van der Waals surface area contributed by atoms with Crippen molar-refractivity contribution < 1.29 is 23.9 Å². The van der Waals surface area contributed by atoms with Gasteiger partial charge in [0.15, 0.2) is 8.32 Å². The van der Waals surface area contributed by atoms with Crippen LogP contribution in [0.15, 0.2) is 12.7 Å². The second kappa shape index (κ2) is 9.62. The summed E-state index contributed by atoms with van der Waals surface area (Å²) < 4.78 is 11.7. The fraction of sp³-hybridized carbons (Fsp3) is 0.810. The Morgan fingerprint density at radius 2 is 1.86 bits per heavy atom. The molecule has 168 valence electrons. The van der Waals surface area contributed by atoms with Gasteiger partial charge in [0.25, 0.3) is 0 Å². The smallest absolute Gasteiger partial charge is 0.411 e. The summed E-state index contributed by atoms with van der Waals surface area (Å²) in [5, 5.41) is 10.00. The molecule has 1 aliphatic rings. The SMILES string of the molecule is C=CC[C@@H]1C(=O)N([C@@H](CO)CO[Si](C)(C)C(C)(C)C)CCN1C(=O)OC(C)(C)C. The van der Waals surface area contributed by atoms with Crippen molar-refractivity contribution in [1.82, 2.24) is 9.80 Å². The maximum atomic E-state index is 13.2. The van der Waals surface area contributed by atoms with Crippen LogP contribution < -0.4 is 0 Å². The lowest BCUT2D eigenvalue weighted by Gasteiger charge is -2.44. The fourth-order valence-corrected chi connectivity index (χ4v) is 3.90. The highest BCUT2D eigenvalue weighted by molar-refractivity contribution is 6.74. The number of hydrogen-bond donors (Lipinski definition) is 1. The summed E-state index contributed by atoms with van der Waals surface area (Å²) in [4.78, 5) is 28.9. The Labute approximate surface area is 177 Å². The maximum absolute atomic E-state index is 13.2. The van der Waals surface area contributed by atoms with E-state index < -0.39 is 32.1 Å². The van der Waals surface area contributed by atoms with Crippen LogP contribution in [0.25, 0.3) is 0 Å². The predicted molar refractivity (Wildman–Crippen MR) is 117 cm³/mol. The summed E-state index contributed by atoms with van der Waals surface area (Å²) in [5.74, 6) is -0.208. The molecule has 0 aromatic carbocycles. The molecular weight excluding hydrogens is 388 g/mol. The number of amides is 2. The fourth-order valence-electron chi connectivity index (χ4n) is 2.86. The summed E-state index contributed by atoms with van der Waals surface area (Å²) in [7, 11) is -2.01. The van der Waals surface area contributed by atoms with E-state index >= 15 is 0 Å². The molecule has 1 saturated heterocycles. The Hall–Kier alpha value is -1.38. The Balaban J connectivity index is 2.95. The van der Waals surface area contributed by atoms with E-state index in [4.69, 9.17) is 9.16 Å². The molecule has 0 radical (unpaired) electrons. The average Bonchev–Trinajstić information content (AvgIpc) is 2.55. The zero-order chi connectivity index (χ0) is 22.6. The van der Waals surface area contributed by atoms with Crippen molar-refractivity contribution in [2.45, 2.75) is 83.8 Å². The van der Waals surface area contributed by atoms with Crippen LogP contribution in [0.1, 0.15) is 48.0 Å². The van der Waals surface area contributed by atoms with E-state index in [1.165, 1.54) is 4.90 Å². The van der Waals surface area contributed by atoms with Gasteiger partial charge in [-0.2, -0.15) is 0 Å². The zero-order valence-corrected chi connectivity index (χ0v) is 20.4. The van der Waals surface area contributed by atoms with Gasteiger partial charge in [-0.15, -0.1) is 6.58 Å². The van der Waals surface area contributed by atoms with E-state index in [1.807, 2.05) is 0 Å². The minimum absolute atomic E-state index is 0.0395. The third kappa shape index (κ3) is 6.82. The molecule has 0 bridgehead atoms. The lowest BCUT2D eigenvalue weighted by molar-refractivity contribution is -0.146. The van der Waals surface area contributed by atoms with Gasteiger partial charge in [-0.3, -0.25) is 9.69 Å². The molecule has 1 rings (SSSR count). The zero-order valence-electron chi connectivity index (χ0n) is 19.4. The maximum Gasteiger partial charge on any atom is 0.411 e. The van der Waals surface area contributed by atoms with E-state index in [0.717, 1.165) is 0 Å². The largest absolute Gasteiger partial charge is 0.444 e. The van der Waals surface area contributed by atoms with Crippen LogP contribution in [0.3, 0.4) is 0 Å². The molecule has 8 heteroatoms. The quantitative estimate of drug-likeness (QED) is 0.497. The second-order valence-electron chi connectivity index (χ2n) is 10.2. The van der Waals surface area contributed by atoms with Crippen molar-refractivity contribution in [1.29, 1.82) is 0 Å². The summed E-state index contributed by atoms with van der Waals surface area (Å²) >= 11 is 0. The van der Waals surface area contributed by atoms with Crippen LogP contribution in [-0.2, 0) is 14.0 Å². The molecular formula is C21H40N2O5Si. The van der Waals surface area contributed by atoms with Gasteiger partial charge in [0, 0.05) is 13.1 Å². The standard InChI is InChI=1S/C21H40N2O5Si/c1-10-11-17-18(25)22(12-13-23(17)19(26)28-20(2,3)4)16(14-24)15-27-29(8,9)21(5,6)7/h10,16-17,24H,1,11-15H2,2-9H3/t16-,17+/m0/s1. The lowest BCUT2D eigenvalue weighted by Crippen LogP contribution is -2.63. The normalized spacial score (nSPS) is 19.9. The van der Waals surface area contributed by atoms with E-state index in [2.05, 4.69) is 40.4 Å². The van der Waals surface area contributed by atoms with Gasteiger partial charge in [-0.05, 0) is 45.3 Å². The summed E-state index contributed by atoms with van der Waals surface area (Å²) in [5.41, 5.74) is -0.638. The van der Waals surface area contributed by atoms with Gasteiger partial charge >= 0.3 is 6.09 Å². The molecule has 29 heavy (non-hydrogen) atoms. The first-order valence-electron chi connectivity index (χ1n) is 10.3. The number of nitrogens with zero attached hydrogens (tertiary/aromatic N) is 2. The van der Waals surface area contributed by atoms with Crippen molar-refractivity contribution in [3.05, 3.63) is 12.7 Å². The monoisotopic (exact) mass is 428 g/mol. The van der Waals surface area contributed by atoms with Gasteiger partial charge in [0.05, 0.1) is 19.3 Å². The molecule has 0 unspecified atom stereocenters.